The van der Waals surface area contributed by atoms with Crippen LogP contribution in [0.1, 0.15) is 42.9 Å². The summed E-state index contributed by atoms with van der Waals surface area (Å²) < 4.78 is 5.33. The number of hydrogen-bond acceptors (Lipinski definition) is 3. The minimum Gasteiger partial charge on any atom is -0.497 e. The summed E-state index contributed by atoms with van der Waals surface area (Å²) in [6, 6.07) is 7.06. The van der Waals surface area contributed by atoms with Gasteiger partial charge in [0.2, 0.25) is 0 Å². The lowest BCUT2D eigenvalue weighted by atomic mass is 9.87. The molecule has 1 atom stereocenters. The standard InChI is InChI=1S/C17H28N2O/c1-19(2)12-5-4-11-18-17-8-6-7-14-13-15(20-3)9-10-16(14)17/h9-10,13,17-18H,4-8,11-12H2,1-3H3. The number of nitrogens with one attached hydrogen (secondary N) is 1. The zero-order chi connectivity index (χ0) is 14.4. The monoisotopic (exact) mass is 276 g/mol. The van der Waals surface area contributed by atoms with E-state index in [1.165, 1.54) is 49.8 Å². The number of methoxy groups -OCH3 is 1. The predicted molar refractivity (Wildman–Crippen MR) is 84.5 cm³/mol. The summed E-state index contributed by atoms with van der Waals surface area (Å²) in [5, 5.41) is 3.73. The van der Waals surface area contributed by atoms with Gasteiger partial charge in [-0.1, -0.05) is 6.07 Å². The Balaban J connectivity index is 1.85. The first kappa shape index (κ1) is 15.3. The molecule has 1 aromatic carbocycles. The van der Waals surface area contributed by atoms with E-state index in [1.807, 2.05) is 0 Å². The van der Waals surface area contributed by atoms with E-state index in [2.05, 4.69) is 42.5 Å². The number of rotatable bonds is 7. The summed E-state index contributed by atoms with van der Waals surface area (Å²) in [5.41, 5.74) is 2.94. The third-order valence-corrected chi connectivity index (χ3v) is 4.09. The van der Waals surface area contributed by atoms with Crippen LogP contribution in [0.5, 0.6) is 5.75 Å². The number of benzene rings is 1. The van der Waals surface area contributed by atoms with Crippen LogP contribution in [0.3, 0.4) is 0 Å². The fourth-order valence-electron chi connectivity index (χ4n) is 2.96. The average molecular weight is 276 g/mol. The Bertz CT molecular complexity index is 417. The van der Waals surface area contributed by atoms with Crippen molar-refractivity contribution in [2.45, 2.75) is 38.1 Å². The second-order valence-corrected chi connectivity index (χ2v) is 5.97. The Morgan fingerprint density at radius 1 is 1.30 bits per heavy atom. The van der Waals surface area contributed by atoms with Gasteiger partial charge >= 0.3 is 0 Å². The molecule has 0 bridgehead atoms. The molecule has 20 heavy (non-hydrogen) atoms. The fraction of sp³-hybridized carbons (Fsp3) is 0.647. The fourth-order valence-corrected chi connectivity index (χ4v) is 2.96. The molecule has 1 unspecified atom stereocenters. The van der Waals surface area contributed by atoms with Crippen molar-refractivity contribution >= 4 is 0 Å². The van der Waals surface area contributed by atoms with Crippen molar-refractivity contribution in [2.75, 3.05) is 34.3 Å². The van der Waals surface area contributed by atoms with Gasteiger partial charge in [-0.15, -0.1) is 0 Å². The minimum absolute atomic E-state index is 0.531. The first-order chi connectivity index (χ1) is 9.70. The molecule has 1 aliphatic rings. The van der Waals surface area contributed by atoms with Crippen LogP contribution >= 0.6 is 0 Å². The Morgan fingerprint density at radius 3 is 2.90 bits per heavy atom. The Morgan fingerprint density at radius 2 is 2.15 bits per heavy atom. The number of hydrogen-bond donors (Lipinski definition) is 1. The highest BCUT2D eigenvalue weighted by Gasteiger charge is 2.19. The number of nitrogens with zero attached hydrogens (tertiary/aromatic N) is 1. The van der Waals surface area contributed by atoms with E-state index < -0.39 is 0 Å². The molecule has 1 aromatic rings. The van der Waals surface area contributed by atoms with E-state index in [1.54, 1.807) is 7.11 Å². The molecule has 0 amide bonds. The molecule has 1 aliphatic carbocycles. The molecule has 3 heteroatoms. The van der Waals surface area contributed by atoms with Crippen LogP contribution in [0, 0.1) is 0 Å². The maximum Gasteiger partial charge on any atom is 0.119 e. The van der Waals surface area contributed by atoms with Crippen molar-refractivity contribution in [1.82, 2.24) is 10.2 Å². The SMILES string of the molecule is COc1ccc2c(c1)CCCC2NCCCCN(C)C. The lowest BCUT2D eigenvalue weighted by molar-refractivity contribution is 0.382. The van der Waals surface area contributed by atoms with Crippen LogP contribution in [0.4, 0.5) is 0 Å². The number of unbranched alkanes of at least 4 members (excludes halogenated alkanes) is 1. The van der Waals surface area contributed by atoms with Gasteiger partial charge in [-0.3, -0.25) is 0 Å². The molecule has 0 aromatic heterocycles. The molecular weight excluding hydrogens is 248 g/mol. The Hall–Kier alpha value is -1.06. The van der Waals surface area contributed by atoms with Crippen molar-refractivity contribution in [3.05, 3.63) is 29.3 Å². The zero-order valence-electron chi connectivity index (χ0n) is 13.1. The Kier molecular flexibility index (Phi) is 5.86. The second-order valence-electron chi connectivity index (χ2n) is 5.97. The van der Waals surface area contributed by atoms with E-state index in [0.717, 1.165) is 12.3 Å². The molecule has 0 radical (unpaired) electrons. The highest BCUT2D eigenvalue weighted by molar-refractivity contribution is 5.39. The summed E-state index contributed by atoms with van der Waals surface area (Å²) in [5.74, 6) is 0.982. The van der Waals surface area contributed by atoms with Crippen molar-refractivity contribution < 1.29 is 4.74 Å². The van der Waals surface area contributed by atoms with Crippen molar-refractivity contribution in [3.8, 4) is 5.75 Å². The summed E-state index contributed by atoms with van der Waals surface area (Å²) in [7, 11) is 6.02. The van der Waals surface area contributed by atoms with E-state index in [9.17, 15) is 0 Å². The quantitative estimate of drug-likeness (QED) is 0.775. The molecule has 0 fully saturated rings. The molecule has 112 valence electrons. The van der Waals surface area contributed by atoms with E-state index in [4.69, 9.17) is 4.74 Å². The van der Waals surface area contributed by atoms with Gasteiger partial charge in [-0.05, 0) is 82.5 Å². The van der Waals surface area contributed by atoms with Crippen molar-refractivity contribution in [1.29, 1.82) is 0 Å². The van der Waals surface area contributed by atoms with E-state index >= 15 is 0 Å². The number of aryl methyl sites for hydroxylation is 1. The molecule has 0 saturated heterocycles. The average Bonchev–Trinajstić information content (AvgIpc) is 2.46. The first-order valence-electron chi connectivity index (χ1n) is 7.75. The van der Waals surface area contributed by atoms with Gasteiger partial charge in [-0.2, -0.15) is 0 Å². The lowest BCUT2D eigenvalue weighted by Crippen LogP contribution is -2.26. The van der Waals surface area contributed by atoms with Crippen LogP contribution in [-0.2, 0) is 6.42 Å². The van der Waals surface area contributed by atoms with E-state index in [-0.39, 0.29) is 0 Å². The Labute approximate surface area is 123 Å². The molecule has 3 nitrogen and oxygen atoms in total. The van der Waals surface area contributed by atoms with Crippen LogP contribution in [0.2, 0.25) is 0 Å². The van der Waals surface area contributed by atoms with E-state index in [0.29, 0.717) is 6.04 Å². The lowest BCUT2D eigenvalue weighted by Gasteiger charge is -2.27. The van der Waals surface area contributed by atoms with Crippen LogP contribution < -0.4 is 10.1 Å². The highest BCUT2D eigenvalue weighted by atomic mass is 16.5. The van der Waals surface area contributed by atoms with Gasteiger partial charge in [-0.25, -0.2) is 0 Å². The maximum atomic E-state index is 5.33. The minimum atomic E-state index is 0.531. The van der Waals surface area contributed by atoms with Crippen LogP contribution in [-0.4, -0.2) is 39.2 Å². The van der Waals surface area contributed by atoms with Crippen molar-refractivity contribution in [3.63, 3.8) is 0 Å². The first-order valence-corrected chi connectivity index (χ1v) is 7.75. The van der Waals surface area contributed by atoms with Crippen molar-refractivity contribution in [2.24, 2.45) is 0 Å². The molecule has 0 aliphatic heterocycles. The molecule has 0 heterocycles. The summed E-state index contributed by atoms with van der Waals surface area (Å²) in [6.07, 6.45) is 6.23. The summed E-state index contributed by atoms with van der Waals surface area (Å²) in [4.78, 5) is 2.25. The normalized spacial score (nSPS) is 18.1. The smallest absolute Gasteiger partial charge is 0.119 e. The summed E-state index contributed by atoms with van der Waals surface area (Å²) in [6.45, 7) is 2.30. The molecule has 0 spiro atoms. The predicted octanol–water partition coefficient (Wildman–Crippen LogP) is 3.00. The van der Waals surface area contributed by atoms with Gasteiger partial charge in [0.15, 0.2) is 0 Å². The largest absolute Gasteiger partial charge is 0.497 e. The molecule has 1 N–H and O–H groups in total. The highest BCUT2D eigenvalue weighted by Crippen LogP contribution is 2.32. The zero-order valence-corrected chi connectivity index (χ0v) is 13.1. The van der Waals surface area contributed by atoms with Gasteiger partial charge in [0.05, 0.1) is 7.11 Å². The van der Waals surface area contributed by atoms with Gasteiger partial charge in [0, 0.05) is 6.04 Å². The second kappa shape index (κ2) is 7.65. The third kappa shape index (κ3) is 4.22. The third-order valence-electron chi connectivity index (χ3n) is 4.09. The molecule has 0 saturated carbocycles. The molecular formula is C17H28N2O. The number of fused-ring (bicyclic) bond motifs is 1. The topological polar surface area (TPSA) is 24.5 Å². The van der Waals surface area contributed by atoms with Crippen LogP contribution in [0.15, 0.2) is 18.2 Å². The van der Waals surface area contributed by atoms with Gasteiger partial charge < -0.3 is 15.0 Å². The number of ether oxygens (including phenoxy) is 1. The van der Waals surface area contributed by atoms with Crippen LogP contribution in [0.25, 0.3) is 0 Å². The summed E-state index contributed by atoms with van der Waals surface area (Å²) >= 11 is 0. The maximum absolute atomic E-state index is 5.33. The van der Waals surface area contributed by atoms with Gasteiger partial charge in [0.1, 0.15) is 5.75 Å². The van der Waals surface area contributed by atoms with Gasteiger partial charge in [0.25, 0.3) is 0 Å². The molecule has 2 rings (SSSR count).